The Kier molecular flexibility index (Phi) is 8.33. The van der Waals surface area contributed by atoms with Gasteiger partial charge in [-0.1, -0.05) is 51.3 Å². The highest BCUT2D eigenvalue weighted by Gasteiger charge is 2.44. The van der Waals surface area contributed by atoms with Crippen LogP contribution in [0, 0.1) is 17.7 Å². The second-order valence-electron chi connectivity index (χ2n) is 13.3. The number of benzene rings is 1. The third-order valence-corrected chi connectivity index (χ3v) is 9.07. The van der Waals surface area contributed by atoms with Gasteiger partial charge >= 0.3 is 5.97 Å². The van der Waals surface area contributed by atoms with Gasteiger partial charge in [-0.3, -0.25) is 14.4 Å². The molecule has 3 aromatic rings. The summed E-state index contributed by atoms with van der Waals surface area (Å²) >= 11 is 5.90. The third kappa shape index (κ3) is 6.01. The zero-order valence-electron chi connectivity index (χ0n) is 25.6. The van der Waals surface area contributed by atoms with Gasteiger partial charge in [0, 0.05) is 36.8 Å². The van der Waals surface area contributed by atoms with Crippen molar-refractivity contribution in [2.45, 2.75) is 71.3 Å². The minimum absolute atomic E-state index is 0.0310. The number of rotatable bonds is 4. The molecule has 43 heavy (non-hydrogen) atoms. The fraction of sp³-hybridized carbons (Fsp3) is 0.515. The molecule has 0 spiro atoms. The molecule has 1 aliphatic heterocycles. The summed E-state index contributed by atoms with van der Waals surface area (Å²) in [6, 6.07) is 8.06. The van der Waals surface area contributed by atoms with Gasteiger partial charge in [0.25, 0.3) is 5.91 Å². The van der Waals surface area contributed by atoms with Crippen LogP contribution in [0.3, 0.4) is 0 Å². The number of pyridine rings is 1. The van der Waals surface area contributed by atoms with Crippen LogP contribution in [0.5, 0.6) is 0 Å². The number of hydrogen-bond acceptors (Lipinski definition) is 6. The topological polar surface area (TPSA) is 93.0 Å². The maximum absolute atomic E-state index is 14.3. The van der Waals surface area contributed by atoms with Gasteiger partial charge in [-0.2, -0.15) is 0 Å². The Bertz CT molecular complexity index is 1580. The lowest BCUT2D eigenvalue weighted by atomic mass is 9.78. The summed E-state index contributed by atoms with van der Waals surface area (Å²) in [5.74, 6) is -1.89. The Labute approximate surface area is 256 Å². The molecule has 0 N–H and O–H groups in total. The maximum atomic E-state index is 14.3. The van der Waals surface area contributed by atoms with E-state index in [2.05, 4.69) is 0 Å². The molecule has 2 atom stereocenters. The second kappa shape index (κ2) is 11.6. The predicted molar refractivity (Wildman–Crippen MR) is 162 cm³/mol. The summed E-state index contributed by atoms with van der Waals surface area (Å²) in [5, 5.41) is 0.0310. The normalized spacial score (nSPS) is 20.7. The van der Waals surface area contributed by atoms with Crippen molar-refractivity contribution >= 4 is 40.5 Å². The van der Waals surface area contributed by atoms with Gasteiger partial charge in [-0.25, -0.2) is 9.37 Å². The first-order valence-electron chi connectivity index (χ1n) is 14.8. The number of furan rings is 1. The van der Waals surface area contributed by atoms with Crippen molar-refractivity contribution in [3.63, 3.8) is 0 Å². The molecular formula is C33H39ClFN3O5. The molecule has 10 heteroatoms. The number of nitrogens with zero attached hydrogens (tertiary/aromatic N) is 3. The average Bonchev–Trinajstić information content (AvgIpc) is 3.40. The van der Waals surface area contributed by atoms with Crippen molar-refractivity contribution in [2.75, 3.05) is 26.7 Å². The molecule has 1 aromatic carbocycles. The van der Waals surface area contributed by atoms with E-state index in [4.69, 9.17) is 25.7 Å². The first kappa shape index (κ1) is 31.0. The highest BCUT2D eigenvalue weighted by atomic mass is 35.5. The number of halogens is 2. The second-order valence-corrected chi connectivity index (χ2v) is 13.7. The molecule has 8 nitrogen and oxygen atoms in total. The lowest BCUT2D eigenvalue weighted by Crippen LogP contribution is -2.63. The molecule has 0 radical (unpaired) electrons. The Hall–Kier alpha value is -3.46. The van der Waals surface area contributed by atoms with Crippen molar-refractivity contribution in [3.05, 3.63) is 52.5 Å². The zero-order valence-corrected chi connectivity index (χ0v) is 26.4. The minimum Gasteiger partial charge on any atom is -0.469 e. The van der Waals surface area contributed by atoms with Crippen LogP contribution in [-0.4, -0.2) is 64.9 Å². The number of piperazine rings is 1. The van der Waals surface area contributed by atoms with E-state index in [1.807, 2.05) is 40.7 Å². The first-order chi connectivity index (χ1) is 20.2. The van der Waals surface area contributed by atoms with E-state index in [0.717, 1.165) is 18.4 Å². The fourth-order valence-electron chi connectivity index (χ4n) is 6.43. The van der Waals surface area contributed by atoms with Crippen molar-refractivity contribution in [1.29, 1.82) is 0 Å². The van der Waals surface area contributed by atoms with Gasteiger partial charge in [-0.15, -0.1) is 0 Å². The van der Waals surface area contributed by atoms with Gasteiger partial charge in [-0.05, 0) is 50.3 Å². The van der Waals surface area contributed by atoms with Crippen LogP contribution in [0.25, 0.3) is 22.4 Å². The number of amides is 2. The number of hydrogen-bond donors (Lipinski definition) is 0. The van der Waals surface area contributed by atoms with E-state index in [1.54, 1.807) is 21.9 Å². The predicted octanol–water partition coefficient (Wildman–Crippen LogP) is 6.63. The number of esters is 1. The summed E-state index contributed by atoms with van der Waals surface area (Å²) in [4.78, 5) is 48.2. The van der Waals surface area contributed by atoms with Crippen LogP contribution < -0.4 is 0 Å². The summed E-state index contributed by atoms with van der Waals surface area (Å²) in [6.07, 6.45) is 3.11. The molecular weight excluding hydrogens is 573 g/mol. The lowest BCUT2D eigenvalue weighted by molar-refractivity contribution is -0.156. The van der Waals surface area contributed by atoms with Crippen LogP contribution in [0.15, 0.2) is 34.7 Å². The molecule has 1 saturated carbocycles. The Morgan fingerprint density at radius 1 is 1.07 bits per heavy atom. The lowest BCUT2D eigenvalue weighted by Gasteiger charge is -2.48. The number of carbonyl (C=O) groups is 3. The van der Waals surface area contributed by atoms with Crippen molar-refractivity contribution < 1.29 is 27.9 Å². The molecule has 2 aromatic heterocycles. The molecule has 5 rings (SSSR count). The molecule has 1 aliphatic carbocycles. The molecule has 3 heterocycles. The quantitative estimate of drug-likeness (QED) is 0.308. The zero-order chi connectivity index (χ0) is 31.3. The molecule has 2 fully saturated rings. The van der Waals surface area contributed by atoms with Gasteiger partial charge < -0.3 is 19.0 Å². The maximum Gasteiger partial charge on any atom is 0.309 e. The van der Waals surface area contributed by atoms with E-state index < -0.39 is 23.2 Å². The third-order valence-electron chi connectivity index (χ3n) is 8.76. The van der Waals surface area contributed by atoms with Crippen molar-refractivity contribution in [2.24, 2.45) is 11.8 Å². The summed E-state index contributed by atoms with van der Waals surface area (Å²) in [6.45, 7) is 11.0. The largest absolute Gasteiger partial charge is 0.469 e. The van der Waals surface area contributed by atoms with E-state index in [1.165, 1.54) is 19.2 Å². The molecule has 2 aliphatic rings. The first-order valence-corrected chi connectivity index (χ1v) is 15.2. The number of methoxy groups -OCH3 is 1. The SMILES string of the molecule is COC(=O)[C@@H]1CCCC[C@@H]1C(=O)N1CCN(C(=O)c2cc3nc(-c4ccc(Cl)c(F)c4)cc(C(C)(C)C)c3o2)C(C)(C)C1. The standard InChI is InChI=1S/C33H39ClFN3O5/c1-32(2,3)22-16-25(19-11-12-23(34)24(35)15-19)36-26-17-27(43-28(22)26)30(40)38-14-13-37(18-33(38,4)5)29(39)20-9-7-8-10-21(20)31(41)42-6/h11-12,15-17,20-21H,7-10,13-14,18H2,1-6H3/t20-,21+/m0/s1. The Morgan fingerprint density at radius 3 is 2.40 bits per heavy atom. The monoisotopic (exact) mass is 611 g/mol. The molecule has 230 valence electrons. The fourth-order valence-corrected chi connectivity index (χ4v) is 6.55. The number of carbonyl (C=O) groups excluding carboxylic acids is 3. The molecule has 1 saturated heterocycles. The summed E-state index contributed by atoms with van der Waals surface area (Å²) < 4.78 is 25.5. The van der Waals surface area contributed by atoms with Gasteiger partial charge in [0.15, 0.2) is 11.3 Å². The summed E-state index contributed by atoms with van der Waals surface area (Å²) in [5.41, 5.74) is 1.91. The van der Waals surface area contributed by atoms with Crippen molar-refractivity contribution in [1.82, 2.24) is 14.8 Å². The van der Waals surface area contributed by atoms with Crippen LogP contribution in [0.1, 0.15) is 76.4 Å². The highest BCUT2D eigenvalue weighted by Crippen LogP contribution is 2.37. The van der Waals surface area contributed by atoms with Gasteiger partial charge in [0.05, 0.1) is 35.2 Å². The van der Waals surface area contributed by atoms with Crippen molar-refractivity contribution in [3.8, 4) is 11.3 Å². The van der Waals surface area contributed by atoms with Gasteiger partial charge in [0.1, 0.15) is 11.3 Å². The van der Waals surface area contributed by atoms with E-state index in [0.29, 0.717) is 54.8 Å². The van der Waals surface area contributed by atoms with Crippen LogP contribution in [0.4, 0.5) is 4.39 Å². The minimum atomic E-state index is -0.689. The molecule has 0 unspecified atom stereocenters. The summed E-state index contributed by atoms with van der Waals surface area (Å²) in [7, 11) is 1.36. The highest BCUT2D eigenvalue weighted by molar-refractivity contribution is 6.30. The number of aromatic nitrogens is 1. The Balaban J connectivity index is 1.42. The smallest absolute Gasteiger partial charge is 0.309 e. The number of ether oxygens (including phenoxy) is 1. The van der Waals surface area contributed by atoms with E-state index in [-0.39, 0.29) is 34.0 Å². The van der Waals surface area contributed by atoms with Crippen LogP contribution >= 0.6 is 11.6 Å². The molecule has 0 bridgehead atoms. The van der Waals surface area contributed by atoms with E-state index >= 15 is 0 Å². The van der Waals surface area contributed by atoms with E-state index in [9.17, 15) is 18.8 Å². The molecule has 2 amide bonds. The number of fused-ring (bicyclic) bond motifs is 1. The average molecular weight is 612 g/mol. The van der Waals surface area contributed by atoms with Crippen LogP contribution in [0.2, 0.25) is 5.02 Å². The van der Waals surface area contributed by atoms with Crippen LogP contribution in [-0.2, 0) is 19.7 Å². The van der Waals surface area contributed by atoms with Gasteiger partial charge in [0.2, 0.25) is 5.91 Å². The Morgan fingerprint density at radius 2 is 1.77 bits per heavy atom.